The van der Waals surface area contributed by atoms with E-state index in [0.29, 0.717) is 0 Å². The first-order chi connectivity index (χ1) is 7.70. The van der Waals surface area contributed by atoms with Crippen molar-refractivity contribution in [3.8, 4) is 5.75 Å². The molecule has 1 aromatic carbocycles. The Morgan fingerprint density at radius 3 is 2.53 bits per heavy atom. The van der Waals surface area contributed by atoms with E-state index in [1.807, 2.05) is 0 Å². The third-order valence-electron chi connectivity index (χ3n) is 1.81. The summed E-state index contributed by atoms with van der Waals surface area (Å²) in [5.41, 5.74) is 5.20. The SMILES string of the molecule is NC(C(=O)O)c1ccc(Cl)c(OC(F)(F)F)c1. The van der Waals surface area contributed by atoms with E-state index in [4.69, 9.17) is 22.4 Å². The molecule has 4 nitrogen and oxygen atoms in total. The van der Waals surface area contributed by atoms with Crippen molar-refractivity contribution in [3.63, 3.8) is 0 Å². The van der Waals surface area contributed by atoms with Crippen molar-refractivity contribution in [3.05, 3.63) is 28.8 Å². The number of rotatable bonds is 3. The van der Waals surface area contributed by atoms with Gasteiger partial charge >= 0.3 is 12.3 Å². The van der Waals surface area contributed by atoms with E-state index in [1.165, 1.54) is 6.07 Å². The van der Waals surface area contributed by atoms with Crippen LogP contribution in [0.3, 0.4) is 0 Å². The number of nitrogens with two attached hydrogens (primary N) is 1. The van der Waals surface area contributed by atoms with Gasteiger partial charge in [0.1, 0.15) is 11.8 Å². The van der Waals surface area contributed by atoms with E-state index in [1.54, 1.807) is 0 Å². The highest BCUT2D eigenvalue weighted by atomic mass is 35.5. The van der Waals surface area contributed by atoms with Crippen molar-refractivity contribution in [2.75, 3.05) is 0 Å². The van der Waals surface area contributed by atoms with Gasteiger partial charge in [0.25, 0.3) is 0 Å². The summed E-state index contributed by atoms with van der Waals surface area (Å²) in [6, 6.07) is 1.70. The molecule has 0 spiro atoms. The Labute approximate surface area is 98.7 Å². The van der Waals surface area contributed by atoms with Crippen LogP contribution in [0.25, 0.3) is 0 Å². The lowest BCUT2D eigenvalue weighted by Gasteiger charge is -2.13. The fourth-order valence-corrected chi connectivity index (χ4v) is 1.21. The molecule has 94 valence electrons. The third kappa shape index (κ3) is 3.79. The zero-order chi connectivity index (χ0) is 13.2. The van der Waals surface area contributed by atoms with Crippen LogP contribution >= 0.6 is 11.6 Å². The normalized spacial score (nSPS) is 13.2. The summed E-state index contributed by atoms with van der Waals surface area (Å²) in [7, 11) is 0. The van der Waals surface area contributed by atoms with Gasteiger partial charge in [-0.2, -0.15) is 0 Å². The topological polar surface area (TPSA) is 72.6 Å². The van der Waals surface area contributed by atoms with E-state index in [-0.39, 0.29) is 10.6 Å². The largest absolute Gasteiger partial charge is 0.573 e. The molecular weight excluding hydrogens is 263 g/mol. The Hall–Kier alpha value is -1.47. The summed E-state index contributed by atoms with van der Waals surface area (Å²) in [6.07, 6.45) is -4.91. The van der Waals surface area contributed by atoms with Crippen molar-refractivity contribution in [2.45, 2.75) is 12.4 Å². The molecule has 17 heavy (non-hydrogen) atoms. The van der Waals surface area contributed by atoms with E-state index >= 15 is 0 Å². The van der Waals surface area contributed by atoms with Crippen LogP contribution < -0.4 is 10.5 Å². The molecule has 0 aliphatic heterocycles. The van der Waals surface area contributed by atoms with Crippen LogP contribution in [-0.4, -0.2) is 17.4 Å². The highest BCUT2D eigenvalue weighted by Crippen LogP contribution is 2.32. The molecule has 0 aliphatic carbocycles. The van der Waals surface area contributed by atoms with Crippen LogP contribution in [0.15, 0.2) is 18.2 Å². The van der Waals surface area contributed by atoms with Crippen LogP contribution in [0.2, 0.25) is 5.02 Å². The van der Waals surface area contributed by atoms with Gasteiger partial charge in [0, 0.05) is 0 Å². The summed E-state index contributed by atoms with van der Waals surface area (Å²) >= 11 is 5.47. The molecule has 1 rings (SSSR count). The summed E-state index contributed by atoms with van der Waals surface area (Å²) in [5.74, 6) is -2.06. The Kier molecular flexibility index (Phi) is 3.84. The number of carbonyl (C=O) groups is 1. The second kappa shape index (κ2) is 4.80. The zero-order valence-electron chi connectivity index (χ0n) is 8.16. The third-order valence-corrected chi connectivity index (χ3v) is 2.12. The molecule has 1 aromatic rings. The lowest BCUT2D eigenvalue weighted by molar-refractivity contribution is -0.274. The number of ether oxygens (including phenoxy) is 1. The average molecular weight is 270 g/mol. The summed E-state index contributed by atoms with van der Waals surface area (Å²) in [4.78, 5) is 10.6. The molecule has 1 unspecified atom stereocenters. The molecule has 0 aliphatic rings. The molecule has 0 bridgehead atoms. The van der Waals surface area contributed by atoms with Crippen LogP contribution in [0.5, 0.6) is 5.75 Å². The molecule has 0 heterocycles. The van der Waals surface area contributed by atoms with Gasteiger partial charge in [-0.3, -0.25) is 4.79 Å². The van der Waals surface area contributed by atoms with Crippen molar-refractivity contribution in [1.29, 1.82) is 0 Å². The number of halogens is 4. The highest BCUT2D eigenvalue weighted by Gasteiger charge is 2.32. The van der Waals surface area contributed by atoms with Gasteiger partial charge in [0.05, 0.1) is 5.02 Å². The molecular formula is C9H7ClF3NO3. The van der Waals surface area contributed by atoms with Crippen molar-refractivity contribution >= 4 is 17.6 Å². The lowest BCUT2D eigenvalue weighted by Crippen LogP contribution is -2.21. The fraction of sp³-hybridized carbons (Fsp3) is 0.222. The van der Waals surface area contributed by atoms with Gasteiger partial charge in [0.15, 0.2) is 0 Å². The molecule has 1 atom stereocenters. The molecule has 0 fully saturated rings. The maximum absolute atomic E-state index is 12.0. The number of carboxylic acid groups (broad SMARTS) is 1. The monoisotopic (exact) mass is 269 g/mol. The summed E-state index contributed by atoms with van der Waals surface area (Å²) in [6.45, 7) is 0. The summed E-state index contributed by atoms with van der Waals surface area (Å²) in [5, 5.41) is 8.32. The average Bonchev–Trinajstić information content (AvgIpc) is 2.18. The smallest absolute Gasteiger partial charge is 0.480 e. The first-order valence-corrected chi connectivity index (χ1v) is 4.62. The predicted molar refractivity (Wildman–Crippen MR) is 52.7 cm³/mol. The van der Waals surface area contributed by atoms with Gasteiger partial charge < -0.3 is 15.6 Å². The summed E-state index contributed by atoms with van der Waals surface area (Å²) < 4.78 is 39.6. The predicted octanol–water partition coefficient (Wildman–Crippen LogP) is 2.32. The Morgan fingerprint density at radius 1 is 1.47 bits per heavy atom. The van der Waals surface area contributed by atoms with E-state index in [9.17, 15) is 18.0 Å². The highest BCUT2D eigenvalue weighted by molar-refractivity contribution is 6.32. The maximum Gasteiger partial charge on any atom is 0.573 e. The van der Waals surface area contributed by atoms with E-state index < -0.39 is 24.1 Å². The van der Waals surface area contributed by atoms with Gasteiger partial charge in [-0.25, -0.2) is 0 Å². The first kappa shape index (κ1) is 13.6. The van der Waals surface area contributed by atoms with Crippen molar-refractivity contribution in [1.82, 2.24) is 0 Å². The Morgan fingerprint density at radius 2 is 2.06 bits per heavy atom. The standard InChI is InChI=1S/C9H7ClF3NO3/c10-5-2-1-4(7(14)8(15)16)3-6(5)17-9(11,12)13/h1-3,7H,14H2,(H,15,16). The second-order valence-corrected chi connectivity index (χ2v) is 3.46. The minimum absolute atomic E-state index is 0.0406. The Bertz CT molecular complexity index is 436. The zero-order valence-corrected chi connectivity index (χ0v) is 8.92. The van der Waals surface area contributed by atoms with E-state index in [2.05, 4.69) is 4.74 Å². The van der Waals surface area contributed by atoms with Crippen molar-refractivity contribution < 1.29 is 27.8 Å². The van der Waals surface area contributed by atoms with Crippen LogP contribution in [0, 0.1) is 0 Å². The van der Waals surface area contributed by atoms with Gasteiger partial charge in [0.2, 0.25) is 0 Å². The van der Waals surface area contributed by atoms with E-state index in [0.717, 1.165) is 12.1 Å². The molecule has 8 heteroatoms. The molecule has 0 saturated heterocycles. The number of benzene rings is 1. The molecule has 0 saturated carbocycles. The molecule has 0 radical (unpaired) electrons. The number of aliphatic carboxylic acids is 1. The van der Waals surface area contributed by atoms with Gasteiger partial charge in [-0.1, -0.05) is 17.7 Å². The minimum Gasteiger partial charge on any atom is -0.480 e. The number of hydrogen-bond donors (Lipinski definition) is 2. The molecule has 0 amide bonds. The molecule has 0 aromatic heterocycles. The van der Waals surface area contributed by atoms with Gasteiger partial charge in [-0.05, 0) is 17.7 Å². The molecule has 3 N–H and O–H groups in total. The number of hydrogen-bond acceptors (Lipinski definition) is 3. The van der Waals surface area contributed by atoms with Crippen LogP contribution in [-0.2, 0) is 4.79 Å². The van der Waals surface area contributed by atoms with Crippen molar-refractivity contribution in [2.24, 2.45) is 5.73 Å². The minimum atomic E-state index is -4.91. The van der Waals surface area contributed by atoms with Crippen LogP contribution in [0.1, 0.15) is 11.6 Å². The quantitative estimate of drug-likeness (QED) is 0.883. The fourth-order valence-electron chi connectivity index (χ4n) is 1.06. The maximum atomic E-state index is 12.0. The lowest BCUT2D eigenvalue weighted by atomic mass is 10.1. The van der Waals surface area contributed by atoms with Crippen LogP contribution in [0.4, 0.5) is 13.2 Å². The number of carboxylic acids is 1. The first-order valence-electron chi connectivity index (χ1n) is 4.24. The Balaban J connectivity index is 3.06. The second-order valence-electron chi connectivity index (χ2n) is 3.05. The number of alkyl halides is 3. The van der Waals surface area contributed by atoms with Gasteiger partial charge in [-0.15, -0.1) is 13.2 Å².